The van der Waals surface area contributed by atoms with Crippen LogP contribution in [0.5, 0.6) is 5.75 Å². The van der Waals surface area contributed by atoms with Crippen LogP contribution >= 0.6 is 0 Å². The summed E-state index contributed by atoms with van der Waals surface area (Å²) in [6, 6.07) is 1.21. The maximum atomic E-state index is 11.3. The average molecular weight is 240 g/mol. The highest BCUT2D eigenvalue weighted by atomic mass is 16.4. The van der Waals surface area contributed by atoms with Crippen molar-refractivity contribution >= 4 is 0 Å². The van der Waals surface area contributed by atoms with E-state index in [-0.39, 0.29) is 5.76 Å². The van der Waals surface area contributed by atoms with Crippen molar-refractivity contribution in [3.63, 3.8) is 0 Å². The fourth-order valence-electron chi connectivity index (χ4n) is 1.75. The second kappa shape index (κ2) is 6.45. The standard InChI is InChI=1S/C13H20O4/c1-3-4-5-6-7-10(14)13-12(16)11(15)8-9(2)17-13/h8,10,14,16H,3-7H2,1-2H3. The van der Waals surface area contributed by atoms with Crippen LogP contribution in [0.2, 0.25) is 0 Å². The predicted octanol–water partition coefficient (Wildman–Crippen LogP) is 2.66. The van der Waals surface area contributed by atoms with E-state index in [0.717, 1.165) is 25.7 Å². The van der Waals surface area contributed by atoms with E-state index in [0.29, 0.717) is 12.2 Å². The molecule has 0 fully saturated rings. The molecule has 0 saturated carbocycles. The molecule has 0 radical (unpaired) electrons. The van der Waals surface area contributed by atoms with Gasteiger partial charge in [0.2, 0.25) is 11.2 Å². The molecule has 1 rings (SSSR count). The van der Waals surface area contributed by atoms with Gasteiger partial charge in [0.05, 0.1) is 0 Å². The molecule has 0 bridgehead atoms. The number of aliphatic hydroxyl groups is 1. The summed E-state index contributed by atoms with van der Waals surface area (Å²) in [5, 5.41) is 19.4. The molecule has 1 aromatic heterocycles. The lowest BCUT2D eigenvalue weighted by atomic mass is 10.1. The summed E-state index contributed by atoms with van der Waals surface area (Å²) in [4.78, 5) is 11.3. The summed E-state index contributed by atoms with van der Waals surface area (Å²) in [6.07, 6.45) is 3.73. The second-order valence-electron chi connectivity index (χ2n) is 4.30. The molecule has 1 aromatic rings. The smallest absolute Gasteiger partial charge is 0.227 e. The van der Waals surface area contributed by atoms with Crippen LogP contribution in [0.15, 0.2) is 15.3 Å². The first-order valence-electron chi connectivity index (χ1n) is 6.08. The van der Waals surface area contributed by atoms with Gasteiger partial charge in [-0.15, -0.1) is 0 Å². The van der Waals surface area contributed by atoms with Crippen molar-refractivity contribution in [1.82, 2.24) is 0 Å². The van der Waals surface area contributed by atoms with Gasteiger partial charge in [0, 0.05) is 6.07 Å². The van der Waals surface area contributed by atoms with Gasteiger partial charge in [-0.1, -0.05) is 32.6 Å². The highest BCUT2D eigenvalue weighted by Gasteiger charge is 2.18. The van der Waals surface area contributed by atoms with Crippen molar-refractivity contribution in [1.29, 1.82) is 0 Å². The van der Waals surface area contributed by atoms with Gasteiger partial charge in [-0.2, -0.15) is 0 Å². The maximum absolute atomic E-state index is 11.3. The van der Waals surface area contributed by atoms with Crippen molar-refractivity contribution in [3.05, 3.63) is 27.8 Å². The van der Waals surface area contributed by atoms with Gasteiger partial charge in [-0.3, -0.25) is 4.79 Å². The van der Waals surface area contributed by atoms with Gasteiger partial charge in [0.15, 0.2) is 5.76 Å². The number of aryl methyl sites for hydroxylation is 1. The summed E-state index contributed by atoms with van der Waals surface area (Å²) in [6.45, 7) is 3.73. The predicted molar refractivity (Wildman–Crippen MR) is 65.1 cm³/mol. The van der Waals surface area contributed by atoms with Gasteiger partial charge in [-0.25, -0.2) is 0 Å². The molecular weight excluding hydrogens is 220 g/mol. The molecule has 4 nitrogen and oxygen atoms in total. The van der Waals surface area contributed by atoms with Crippen molar-refractivity contribution < 1.29 is 14.6 Å². The average Bonchev–Trinajstić information content (AvgIpc) is 2.29. The van der Waals surface area contributed by atoms with Crippen molar-refractivity contribution in [2.24, 2.45) is 0 Å². The fraction of sp³-hybridized carbons (Fsp3) is 0.615. The Hall–Kier alpha value is -1.29. The lowest BCUT2D eigenvalue weighted by Crippen LogP contribution is -2.07. The van der Waals surface area contributed by atoms with E-state index in [1.807, 2.05) is 0 Å². The van der Waals surface area contributed by atoms with E-state index in [4.69, 9.17) is 4.42 Å². The number of unbranched alkanes of at least 4 members (excludes halogenated alkanes) is 3. The molecule has 0 aliphatic rings. The molecule has 1 atom stereocenters. The number of aliphatic hydroxyl groups excluding tert-OH is 1. The van der Waals surface area contributed by atoms with Gasteiger partial charge < -0.3 is 14.6 Å². The Morgan fingerprint density at radius 1 is 1.35 bits per heavy atom. The number of hydrogen-bond acceptors (Lipinski definition) is 4. The Kier molecular flexibility index (Phi) is 5.22. The molecule has 0 amide bonds. The molecule has 2 N–H and O–H groups in total. The molecule has 0 aliphatic heterocycles. The van der Waals surface area contributed by atoms with Gasteiger partial charge in [-0.05, 0) is 13.3 Å². The molecular formula is C13H20O4. The number of aromatic hydroxyl groups is 1. The van der Waals surface area contributed by atoms with Crippen LogP contribution in [-0.4, -0.2) is 10.2 Å². The minimum absolute atomic E-state index is 0.00787. The normalized spacial score (nSPS) is 12.6. The highest BCUT2D eigenvalue weighted by Crippen LogP contribution is 2.26. The minimum Gasteiger partial charge on any atom is -0.502 e. The molecule has 0 saturated heterocycles. The number of rotatable bonds is 6. The van der Waals surface area contributed by atoms with E-state index >= 15 is 0 Å². The van der Waals surface area contributed by atoms with Crippen LogP contribution in [-0.2, 0) is 0 Å². The van der Waals surface area contributed by atoms with E-state index in [2.05, 4.69) is 6.92 Å². The zero-order valence-corrected chi connectivity index (χ0v) is 10.4. The van der Waals surface area contributed by atoms with E-state index in [9.17, 15) is 15.0 Å². The monoisotopic (exact) mass is 240 g/mol. The van der Waals surface area contributed by atoms with Gasteiger partial charge >= 0.3 is 0 Å². The molecule has 4 heteroatoms. The summed E-state index contributed by atoms with van der Waals surface area (Å²) in [7, 11) is 0. The quantitative estimate of drug-likeness (QED) is 0.750. The minimum atomic E-state index is -0.903. The summed E-state index contributed by atoms with van der Waals surface area (Å²) >= 11 is 0. The number of hydrogen-bond donors (Lipinski definition) is 2. The summed E-state index contributed by atoms with van der Waals surface area (Å²) in [5.74, 6) is -0.0829. The first kappa shape index (κ1) is 13.8. The van der Waals surface area contributed by atoms with E-state index in [1.54, 1.807) is 6.92 Å². The third-order valence-corrected chi connectivity index (χ3v) is 2.71. The molecule has 0 aliphatic carbocycles. The Bertz CT molecular complexity index is 408. The van der Waals surface area contributed by atoms with Gasteiger partial charge in [0.25, 0.3) is 0 Å². The first-order chi connectivity index (χ1) is 8.06. The zero-order valence-electron chi connectivity index (χ0n) is 10.4. The summed E-state index contributed by atoms with van der Waals surface area (Å²) in [5.41, 5.74) is -0.503. The van der Waals surface area contributed by atoms with E-state index < -0.39 is 17.3 Å². The fourth-order valence-corrected chi connectivity index (χ4v) is 1.75. The van der Waals surface area contributed by atoms with Crippen LogP contribution in [0.25, 0.3) is 0 Å². The first-order valence-corrected chi connectivity index (χ1v) is 6.08. The van der Waals surface area contributed by atoms with Crippen molar-refractivity contribution in [2.45, 2.75) is 52.1 Å². The maximum Gasteiger partial charge on any atom is 0.227 e. The van der Waals surface area contributed by atoms with Crippen LogP contribution in [0.3, 0.4) is 0 Å². The Labute approximate surface area is 101 Å². The molecule has 17 heavy (non-hydrogen) atoms. The molecule has 0 aromatic carbocycles. The highest BCUT2D eigenvalue weighted by molar-refractivity contribution is 5.26. The molecule has 1 unspecified atom stereocenters. The lowest BCUT2D eigenvalue weighted by molar-refractivity contribution is 0.127. The molecule has 0 spiro atoms. The molecule has 1 heterocycles. The van der Waals surface area contributed by atoms with Crippen LogP contribution in [0.4, 0.5) is 0 Å². The Morgan fingerprint density at radius 3 is 2.71 bits per heavy atom. The Morgan fingerprint density at radius 2 is 2.06 bits per heavy atom. The largest absolute Gasteiger partial charge is 0.502 e. The Balaban J connectivity index is 2.68. The SMILES string of the molecule is CCCCCCC(O)c1oc(C)cc(=O)c1O. The van der Waals surface area contributed by atoms with Crippen LogP contribution < -0.4 is 5.43 Å². The second-order valence-corrected chi connectivity index (χ2v) is 4.30. The summed E-state index contributed by atoms with van der Waals surface area (Å²) < 4.78 is 5.21. The van der Waals surface area contributed by atoms with Crippen LogP contribution in [0, 0.1) is 6.92 Å². The lowest BCUT2D eigenvalue weighted by Gasteiger charge is -2.11. The third kappa shape index (κ3) is 3.89. The third-order valence-electron chi connectivity index (χ3n) is 2.71. The van der Waals surface area contributed by atoms with Gasteiger partial charge in [0.1, 0.15) is 11.9 Å². The van der Waals surface area contributed by atoms with Crippen molar-refractivity contribution in [3.8, 4) is 5.75 Å². The zero-order chi connectivity index (χ0) is 12.8. The van der Waals surface area contributed by atoms with Crippen molar-refractivity contribution in [2.75, 3.05) is 0 Å². The van der Waals surface area contributed by atoms with E-state index in [1.165, 1.54) is 6.07 Å². The topological polar surface area (TPSA) is 70.7 Å². The van der Waals surface area contributed by atoms with Crippen LogP contribution in [0.1, 0.15) is 56.7 Å². The molecule has 96 valence electrons.